The molecule has 0 aliphatic carbocycles. The number of hydrogen-bond donors (Lipinski definition) is 1. The molecule has 0 amide bonds. The first-order valence-electron chi connectivity index (χ1n) is 11.9. The van der Waals surface area contributed by atoms with Crippen molar-refractivity contribution in [3.8, 4) is 11.5 Å². The summed E-state index contributed by atoms with van der Waals surface area (Å²) < 4.78 is 45.0. The Morgan fingerprint density at radius 3 is 2.32 bits per heavy atom. The summed E-state index contributed by atoms with van der Waals surface area (Å²) in [6, 6.07) is 13.7. The number of fused-ring (bicyclic) bond motifs is 3. The van der Waals surface area contributed by atoms with Crippen molar-refractivity contribution in [2.45, 2.75) is 45.1 Å². The van der Waals surface area contributed by atoms with Gasteiger partial charge in [-0.05, 0) is 62.2 Å². The maximum atomic E-state index is 13.3. The summed E-state index contributed by atoms with van der Waals surface area (Å²) in [7, 11) is -2.45. The minimum atomic E-state index is -3.97. The van der Waals surface area contributed by atoms with Gasteiger partial charge >= 0.3 is 11.6 Å². The smallest absolute Gasteiger partial charge is 0.344 e. The van der Waals surface area contributed by atoms with Crippen molar-refractivity contribution in [1.82, 2.24) is 4.72 Å². The van der Waals surface area contributed by atoms with Crippen LogP contribution in [0.1, 0.15) is 31.4 Å². The average molecular weight is 524 g/mol. The Labute approximate surface area is 215 Å². The molecule has 4 rings (SSSR count). The molecular weight excluding hydrogens is 494 g/mol. The quantitative estimate of drug-likeness (QED) is 0.152. The van der Waals surface area contributed by atoms with Crippen molar-refractivity contribution in [1.29, 1.82) is 0 Å². The molecule has 0 spiro atoms. The molecule has 8 nitrogen and oxygen atoms in total. The third-order valence-corrected chi connectivity index (χ3v) is 8.04. The number of sulfonamides is 1. The van der Waals surface area contributed by atoms with E-state index in [4.69, 9.17) is 13.9 Å². The molecule has 9 heteroatoms. The lowest BCUT2D eigenvalue weighted by atomic mass is 10.0. The van der Waals surface area contributed by atoms with Crippen LogP contribution in [0.15, 0.2) is 68.7 Å². The summed E-state index contributed by atoms with van der Waals surface area (Å²) in [5.41, 5.74) is 1.11. The highest BCUT2D eigenvalue weighted by molar-refractivity contribution is 7.89. The van der Waals surface area contributed by atoms with Crippen molar-refractivity contribution >= 4 is 37.7 Å². The number of methoxy groups -OCH3 is 1. The number of esters is 1. The zero-order valence-corrected chi connectivity index (χ0v) is 22.1. The number of ether oxygens (including phenoxy) is 2. The molecule has 0 aliphatic heterocycles. The van der Waals surface area contributed by atoms with Gasteiger partial charge in [0.25, 0.3) is 0 Å². The van der Waals surface area contributed by atoms with Gasteiger partial charge in [-0.15, -0.1) is 0 Å². The van der Waals surface area contributed by atoms with Gasteiger partial charge in [-0.25, -0.2) is 18.0 Å². The van der Waals surface area contributed by atoms with Gasteiger partial charge in [0.15, 0.2) is 0 Å². The maximum Gasteiger partial charge on any atom is 0.344 e. The predicted molar refractivity (Wildman–Crippen MR) is 142 cm³/mol. The highest BCUT2D eigenvalue weighted by Gasteiger charge is 2.32. The predicted octanol–water partition coefficient (Wildman–Crippen LogP) is 4.87. The first-order chi connectivity index (χ1) is 17.6. The van der Waals surface area contributed by atoms with Gasteiger partial charge in [0.05, 0.1) is 17.4 Å². The van der Waals surface area contributed by atoms with Crippen molar-refractivity contribution in [2.75, 3.05) is 7.11 Å². The molecule has 0 fully saturated rings. The maximum absolute atomic E-state index is 13.3. The van der Waals surface area contributed by atoms with Gasteiger partial charge in [0.1, 0.15) is 23.1 Å². The number of rotatable bonds is 8. The van der Waals surface area contributed by atoms with E-state index in [1.165, 1.54) is 19.2 Å². The molecule has 3 aromatic carbocycles. The number of nitrogens with one attached hydrogen (secondary N) is 1. The van der Waals surface area contributed by atoms with E-state index in [1.54, 1.807) is 56.3 Å². The third-order valence-electron chi connectivity index (χ3n) is 6.58. The van der Waals surface area contributed by atoms with Gasteiger partial charge in [0.2, 0.25) is 10.0 Å². The Hall–Kier alpha value is -3.69. The van der Waals surface area contributed by atoms with Crippen LogP contribution >= 0.6 is 0 Å². The van der Waals surface area contributed by atoms with Crippen LogP contribution in [0.4, 0.5) is 0 Å². The Morgan fingerprint density at radius 2 is 1.68 bits per heavy atom. The van der Waals surface area contributed by atoms with Crippen molar-refractivity contribution in [3.63, 3.8) is 0 Å². The number of carbonyl (C=O) groups is 1. The molecule has 1 aromatic heterocycles. The van der Waals surface area contributed by atoms with Crippen molar-refractivity contribution in [2.24, 2.45) is 5.92 Å². The third kappa shape index (κ3) is 5.23. The lowest BCUT2D eigenvalue weighted by Crippen LogP contribution is -2.47. The number of hydrogen-bond acceptors (Lipinski definition) is 7. The van der Waals surface area contributed by atoms with E-state index in [1.807, 2.05) is 13.8 Å². The van der Waals surface area contributed by atoms with Gasteiger partial charge in [-0.3, -0.25) is 0 Å². The molecule has 0 aliphatic rings. The van der Waals surface area contributed by atoms with Crippen LogP contribution in [0, 0.1) is 19.8 Å². The second-order valence-electron chi connectivity index (χ2n) is 9.09. The molecule has 0 saturated carbocycles. The molecule has 1 N–H and O–H groups in total. The van der Waals surface area contributed by atoms with Gasteiger partial charge in [-0.1, -0.05) is 38.0 Å². The van der Waals surface area contributed by atoms with E-state index in [0.717, 1.165) is 5.56 Å². The van der Waals surface area contributed by atoms with Crippen LogP contribution in [-0.2, 0) is 14.8 Å². The second kappa shape index (κ2) is 10.4. The van der Waals surface area contributed by atoms with Gasteiger partial charge in [0, 0.05) is 16.3 Å². The lowest BCUT2D eigenvalue weighted by molar-refractivity contribution is -0.137. The van der Waals surface area contributed by atoms with E-state index < -0.39 is 27.7 Å². The summed E-state index contributed by atoms with van der Waals surface area (Å²) in [6.07, 6.45) is 0.539. The zero-order valence-electron chi connectivity index (χ0n) is 21.3. The molecule has 1 heterocycles. The summed E-state index contributed by atoms with van der Waals surface area (Å²) in [6.45, 7) is 7.17. The van der Waals surface area contributed by atoms with E-state index in [9.17, 15) is 18.0 Å². The minimum Gasteiger partial charge on any atom is -0.497 e. The van der Waals surface area contributed by atoms with E-state index in [0.29, 0.717) is 33.9 Å². The van der Waals surface area contributed by atoms with Crippen molar-refractivity contribution < 1.29 is 27.1 Å². The number of carbonyl (C=O) groups excluding carboxylic acids is 1. The SMILES string of the molecule is CC[C@H](C)[C@@H](NS(=O)(=O)c1ccc(C)cc1)C(=O)Oc1ccc2c(oc(=O)c3cc(OC)ccc32)c1C. The fourth-order valence-corrected chi connectivity index (χ4v) is 5.38. The summed E-state index contributed by atoms with van der Waals surface area (Å²) in [5, 5.41) is 1.72. The largest absolute Gasteiger partial charge is 0.497 e. The first-order valence-corrected chi connectivity index (χ1v) is 13.4. The highest BCUT2D eigenvalue weighted by Crippen LogP contribution is 2.32. The van der Waals surface area contributed by atoms with Crippen LogP contribution in [0.25, 0.3) is 21.7 Å². The van der Waals surface area contributed by atoms with Crippen LogP contribution in [0.3, 0.4) is 0 Å². The van der Waals surface area contributed by atoms with Gasteiger partial charge < -0.3 is 13.9 Å². The molecule has 4 aromatic rings. The molecule has 194 valence electrons. The van der Waals surface area contributed by atoms with Crippen molar-refractivity contribution in [3.05, 3.63) is 76.1 Å². The fraction of sp³-hybridized carbons (Fsp3) is 0.286. The summed E-state index contributed by atoms with van der Waals surface area (Å²) >= 11 is 0. The van der Waals surface area contributed by atoms with Crippen LogP contribution in [0.2, 0.25) is 0 Å². The second-order valence-corrected chi connectivity index (χ2v) is 10.8. The van der Waals surface area contributed by atoms with Crippen LogP contribution < -0.4 is 19.8 Å². The molecule has 0 saturated heterocycles. The Morgan fingerprint density at radius 1 is 1.00 bits per heavy atom. The lowest BCUT2D eigenvalue weighted by Gasteiger charge is -2.23. The molecular formula is C28H29NO7S. The Bertz CT molecular complexity index is 1640. The van der Waals surface area contributed by atoms with Crippen LogP contribution in [-0.4, -0.2) is 27.5 Å². The highest BCUT2D eigenvalue weighted by atomic mass is 32.2. The molecule has 0 bridgehead atoms. The van der Waals surface area contributed by atoms with E-state index in [2.05, 4.69) is 4.72 Å². The van der Waals surface area contributed by atoms with E-state index >= 15 is 0 Å². The molecule has 0 unspecified atom stereocenters. The summed E-state index contributed by atoms with van der Waals surface area (Å²) in [5.74, 6) is -0.382. The molecule has 0 radical (unpaired) electrons. The average Bonchev–Trinajstić information content (AvgIpc) is 2.89. The topological polar surface area (TPSA) is 112 Å². The molecule has 2 atom stereocenters. The fourth-order valence-electron chi connectivity index (χ4n) is 4.09. The normalized spacial score (nSPS) is 13.4. The molecule has 37 heavy (non-hydrogen) atoms. The summed E-state index contributed by atoms with van der Waals surface area (Å²) in [4.78, 5) is 26.0. The standard InChI is InChI=1S/C28H29NO7S/c1-6-17(3)25(29-37(32,33)20-10-7-16(2)8-11-20)28(31)35-24-14-13-22-21-12-9-19(34-5)15-23(21)27(30)36-26(22)18(24)4/h7-15,17,25,29H,6H2,1-5H3/t17-,25+/m0/s1. The zero-order chi connectivity index (χ0) is 26.9. The van der Waals surface area contributed by atoms with E-state index in [-0.39, 0.29) is 22.1 Å². The minimum absolute atomic E-state index is 0.0615. The first kappa shape index (κ1) is 26.4. The monoisotopic (exact) mass is 523 g/mol. The van der Waals surface area contributed by atoms with Crippen LogP contribution in [0.5, 0.6) is 11.5 Å². The Kier molecular flexibility index (Phi) is 7.38. The number of benzene rings is 3. The number of aryl methyl sites for hydroxylation is 2. The van der Waals surface area contributed by atoms with Gasteiger partial charge in [-0.2, -0.15) is 4.72 Å². The Balaban J connectivity index is 1.68.